The van der Waals surface area contributed by atoms with Crippen LogP contribution in [0.25, 0.3) is 10.9 Å². The Bertz CT molecular complexity index is 956. The second-order valence-corrected chi connectivity index (χ2v) is 4.43. The molecule has 0 bridgehead atoms. The molecule has 0 amide bonds. The maximum atomic E-state index is 11.8. The molecule has 3 aromatic rings. The van der Waals surface area contributed by atoms with Crippen molar-refractivity contribution in [3.63, 3.8) is 0 Å². The minimum Gasteiger partial charge on any atom is -0.372 e. The summed E-state index contributed by atoms with van der Waals surface area (Å²) < 4.78 is 6.06. The van der Waals surface area contributed by atoms with Crippen LogP contribution < -0.4 is 11.4 Å². The van der Waals surface area contributed by atoms with Gasteiger partial charge in [-0.05, 0) is 24.3 Å². The molecule has 0 fully saturated rings. The third-order valence-corrected chi connectivity index (χ3v) is 3.06. The van der Waals surface area contributed by atoms with Crippen molar-refractivity contribution in [2.24, 2.45) is 0 Å². The van der Waals surface area contributed by atoms with Crippen LogP contribution in [-0.4, -0.2) is 4.57 Å². The van der Waals surface area contributed by atoms with Gasteiger partial charge >= 0.3 is 11.4 Å². The van der Waals surface area contributed by atoms with E-state index in [-0.39, 0.29) is 6.54 Å². The van der Waals surface area contributed by atoms with E-state index in [0.717, 1.165) is 5.56 Å². The molecule has 0 spiro atoms. The van der Waals surface area contributed by atoms with Crippen molar-refractivity contribution >= 4 is 10.9 Å². The molecule has 102 valence electrons. The third kappa shape index (κ3) is 2.63. The number of hydrogen-bond donors (Lipinski definition) is 0. The van der Waals surface area contributed by atoms with Crippen LogP contribution in [0.5, 0.6) is 0 Å². The van der Waals surface area contributed by atoms with E-state index >= 15 is 0 Å². The van der Waals surface area contributed by atoms with E-state index in [9.17, 15) is 9.59 Å². The summed E-state index contributed by atoms with van der Waals surface area (Å²) in [5.41, 5.74) is 0.774. The lowest BCUT2D eigenvalue weighted by Gasteiger charge is -2.03. The molecule has 0 saturated carbocycles. The van der Waals surface area contributed by atoms with Crippen molar-refractivity contribution in [1.29, 1.82) is 0 Å². The highest BCUT2D eigenvalue weighted by atomic mass is 16.4. The van der Waals surface area contributed by atoms with Gasteiger partial charge in [-0.1, -0.05) is 42.2 Å². The topological polar surface area (TPSA) is 52.2 Å². The minimum atomic E-state index is -0.693. The lowest BCUT2D eigenvalue weighted by Crippen LogP contribution is -2.24. The van der Waals surface area contributed by atoms with E-state index in [4.69, 9.17) is 4.42 Å². The van der Waals surface area contributed by atoms with E-state index in [2.05, 4.69) is 11.8 Å². The maximum absolute atomic E-state index is 11.8. The molecule has 0 aliphatic rings. The first-order valence-corrected chi connectivity index (χ1v) is 6.42. The Kier molecular flexibility index (Phi) is 3.40. The fourth-order valence-corrected chi connectivity index (χ4v) is 2.06. The summed E-state index contributed by atoms with van der Waals surface area (Å²) in [5.74, 6) is 5.20. The van der Waals surface area contributed by atoms with Crippen molar-refractivity contribution in [1.82, 2.24) is 4.57 Å². The van der Waals surface area contributed by atoms with Crippen molar-refractivity contribution < 1.29 is 4.42 Å². The Morgan fingerprint density at radius 2 is 1.67 bits per heavy atom. The summed E-state index contributed by atoms with van der Waals surface area (Å²) in [6, 6.07) is 16.3. The van der Waals surface area contributed by atoms with Gasteiger partial charge in [0.15, 0.2) is 0 Å². The number of hydrogen-bond acceptors (Lipinski definition) is 3. The van der Waals surface area contributed by atoms with Crippen LogP contribution >= 0.6 is 0 Å². The van der Waals surface area contributed by atoms with Crippen LogP contribution in [-0.2, 0) is 6.54 Å². The maximum Gasteiger partial charge on any atom is 0.423 e. The van der Waals surface area contributed by atoms with Crippen LogP contribution in [0.15, 0.2) is 68.6 Å². The van der Waals surface area contributed by atoms with Gasteiger partial charge in [-0.3, -0.25) is 4.57 Å². The molecule has 21 heavy (non-hydrogen) atoms. The van der Waals surface area contributed by atoms with Crippen molar-refractivity contribution in [2.45, 2.75) is 6.54 Å². The van der Waals surface area contributed by atoms with Gasteiger partial charge in [0.05, 0.1) is 17.4 Å². The molecule has 4 nitrogen and oxygen atoms in total. The number of benzene rings is 2. The Morgan fingerprint density at radius 1 is 0.952 bits per heavy atom. The summed E-state index contributed by atoms with van der Waals surface area (Å²) in [6.45, 7) is 0.165. The minimum absolute atomic E-state index is 0.165. The Morgan fingerprint density at radius 3 is 2.48 bits per heavy atom. The van der Waals surface area contributed by atoms with Gasteiger partial charge in [0.25, 0.3) is 0 Å². The lowest BCUT2D eigenvalue weighted by atomic mass is 10.2. The lowest BCUT2D eigenvalue weighted by molar-refractivity contribution is 0.427. The monoisotopic (exact) mass is 277 g/mol. The van der Waals surface area contributed by atoms with E-state index in [1.165, 1.54) is 4.57 Å². The molecule has 3 rings (SSSR count). The van der Waals surface area contributed by atoms with Crippen molar-refractivity contribution in [2.75, 3.05) is 0 Å². The molecule has 2 aromatic carbocycles. The van der Waals surface area contributed by atoms with Gasteiger partial charge in [-0.15, -0.1) is 0 Å². The number of aromatic nitrogens is 1. The number of para-hydroxylation sites is 1. The van der Waals surface area contributed by atoms with Crippen molar-refractivity contribution in [3.8, 4) is 11.8 Å². The largest absolute Gasteiger partial charge is 0.423 e. The Balaban J connectivity index is 2.04. The zero-order chi connectivity index (χ0) is 14.7. The number of nitrogens with zero attached hydrogens (tertiary/aromatic N) is 1. The highest BCUT2D eigenvalue weighted by Crippen LogP contribution is 2.06. The predicted octanol–water partition coefficient (Wildman–Crippen LogP) is 2.01. The highest BCUT2D eigenvalue weighted by molar-refractivity contribution is 5.77. The van der Waals surface area contributed by atoms with Gasteiger partial charge in [-0.25, -0.2) is 9.59 Å². The predicted molar refractivity (Wildman–Crippen MR) is 80.1 cm³/mol. The second-order valence-electron chi connectivity index (χ2n) is 4.43. The van der Waals surface area contributed by atoms with Crippen LogP contribution in [0.2, 0.25) is 0 Å². The fourth-order valence-electron chi connectivity index (χ4n) is 2.06. The molecule has 1 aromatic heterocycles. The highest BCUT2D eigenvalue weighted by Gasteiger charge is 2.07. The quantitative estimate of drug-likeness (QED) is 0.639. The first-order valence-electron chi connectivity index (χ1n) is 6.42. The first-order chi connectivity index (χ1) is 10.3. The van der Waals surface area contributed by atoms with Gasteiger partial charge in [0, 0.05) is 5.56 Å². The fraction of sp³-hybridized carbons (Fsp3) is 0.0588. The second kappa shape index (κ2) is 5.51. The molecule has 4 heteroatoms. The number of fused-ring (bicyclic) bond motifs is 1. The molecule has 0 aliphatic heterocycles. The average Bonchev–Trinajstić information content (AvgIpc) is 2.51. The summed E-state index contributed by atoms with van der Waals surface area (Å²) >= 11 is 0. The normalized spacial score (nSPS) is 10.1. The average molecular weight is 277 g/mol. The summed E-state index contributed by atoms with van der Waals surface area (Å²) in [7, 11) is 0. The molecular weight excluding hydrogens is 266 g/mol. The van der Waals surface area contributed by atoms with E-state index in [0.29, 0.717) is 10.9 Å². The van der Waals surface area contributed by atoms with E-state index in [1.54, 1.807) is 24.3 Å². The SMILES string of the molecule is O=c1oc(=O)n(CC#Cc2ccccc2)c2ccccc12. The summed E-state index contributed by atoms with van der Waals surface area (Å²) in [5, 5.41) is 0.374. The van der Waals surface area contributed by atoms with E-state index in [1.807, 2.05) is 30.3 Å². The Hall–Kier alpha value is -3.06. The van der Waals surface area contributed by atoms with Crippen LogP contribution in [0.4, 0.5) is 0 Å². The molecule has 1 heterocycles. The first kappa shape index (κ1) is 12.9. The molecular formula is C17H11NO3. The van der Waals surface area contributed by atoms with Crippen LogP contribution in [0, 0.1) is 11.8 Å². The zero-order valence-electron chi connectivity index (χ0n) is 11.1. The van der Waals surface area contributed by atoms with Crippen LogP contribution in [0.3, 0.4) is 0 Å². The van der Waals surface area contributed by atoms with Gasteiger partial charge < -0.3 is 4.42 Å². The zero-order valence-corrected chi connectivity index (χ0v) is 11.1. The third-order valence-electron chi connectivity index (χ3n) is 3.06. The molecule has 0 N–H and O–H groups in total. The molecule has 0 saturated heterocycles. The van der Waals surface area contributed by atoms with Gasteiger partial charge in [0.1, 0.15) is 0 Å². The molecule has 0 atom stereocenters. The summed E-state index contributed by atoms with van der Waals surface area (Å²) in [6.07, 6.45) is 0. The number of rotatable bonds is 1. The van der Waals surface area contributed by atoms with Gasteiger partial charge in [0.2, 0.25) is 0 Å². The van der Waals surface area contributed by atoms with E-state index < -0.39 is 11.4 Å². The van der Waals surface area contributed by atoms with Gasteiger partial charge in [-0.2, -0.15) is 0 Å². The molecule has 0 radical (unpaired) electrons. The molecule has 0 aliphatic carbocycles. The molecule has 0 unspecified atom stereocenters. The standard InChI is InChI=1S/C17H11NO3/c19-16-14-10-4-5-11-15(14)18(17(20)21-16)12-6-9-13-7-2-1-3-8-13/h1-5,7-8,10-11H,12H2. The smallest absolute Gasteiger partial charge is 0.372 e. The summed E-state index contributed by atoms with van der Waals surface area (Å²) in [4.78, 5) is 23.5. The Labute approximate surface area is 120 Å². The van der Waals surface area contributed by atoms with Crippen LogP contribution in [0.1, 0.15) is 5.56 Å². The van der Waals surface area contributed by atoms with Crippen molar-refractivity contribution in [3.05, 3.63) is 81.1 Å².